The Balaban J connectivity index is 1.65. The van der Waals surface area contributed by atoms with Gasteiger partial charge >= 0.3 is 5.97 Å². The summed E-state index contributed by atoms with van der Waals surface area (Å²) in [4.78, 5) is 34.3. The van der Waals surface area contributed by atoms with Crippen molar-refractivity contribution in [2.24, 2.45) is 0 Å². The minimum absolute atomic E-state index is 0.0224. The van der Waals surface area contributed by atoms with E-state index >= 15 is 0 Å². The quantitative estimate of drug-likeness (QED) is 0.151. The second kappa shape index (κ2) is 11.4. The molecule has 0 spiro atoms. The highest BCUT2D eigenvalue weighted by Crippen LogP contribution is 2.42. The molecule has 4 rings (SSSR count). The van der Waals surface area contributed by atoms with Crippen LogP contribution in [0.1, 0.15) is 6.42 Å². The van der Waals surface area contributed by atoms with E-state index in [1.54, 1.807) is 0 Å². The molecular weight excluding hydrogens is 540 g/mol. The summed E-state index contributed by atoms with van der Waals surface area (Å²) in [5, 5.41) is 82.8. The maximum atomic E-state index is 11.9. The highest BCUT2D eigenvalue weighted by atomic mass is 16.7. The van der Waals surface area contributed by atoms with E-state index in [1.165, 1.54) is 12.1 Å². The molecule has 15 nitrogen and oxygen atoms in total. The number of hydrogen-bond acceptors (Lipinski definition) is 15. The number of esters is 1. The van der Waals surface area contributed by atoms with Gasteiger partial charge in [-0.05, 0) is 12.1 Å². The van der Waals surface area contributed by atoms with Crippen LogP contribution < -0.4 is 20.4 Å². The van der Waals surface area contributed by atoms with Crippen molar-refractivity contribution in [1.29, 1.82) is 0 Å². The van der Waals surface area contributed by atoms with E-state index in [1.807, 2.05) is 0 Å². The number of aliphatic carboxylic acids is 1. The van der Waals surface area contributed by atoms with E-state index < -0.39 is 84.5 Å². The Morgan fingerprint density at radius 2 is 1.73 bits per heavy atom. The summed E-state index contributed by atoms with van der Waals surface area (Å²) in [7, 11) is 0. The largest absolute Gasteiger partial charge is 0.870 e. The topological polar surface area (TPSA) is 260 Å². The lowest BCUT2D eigenvalue weighted by Gasteiger charge is -2.40. The number of carboxylic acid groups (broad SMARTS) is 1. The normalized spacial score (nSPS) is 23.4. The fourth-order valence-electron chi connectivity index (χ4n) is 3.87. The average molecular weight is 562 g/mol. The van der Waals surface area contributed by atoms with Crippen molar-refractivity contribution in [1.82, 2.24) is 0 Å². The molecule has 214 valence electrons. The summed E-state index contributed by atoms with van der Waals surface area (Å²) in [6.45, 7) is -0.760. The molecule has 1 aliphatic carbocycles. The Hall–Kier alpha value is -4.41. The highest BCUT2D eigenvalue weighted by Gasteiger charge is 2.46. The van der Waals surface area contributed by atoms with Gasteiger partial charge in [-0.15, -0.1) is 0 Å². The molecule has 40 heavy (non-hydrogen) atoms. The number of phenols is 2. The molecule has 0 saturated carbocycles. The molecule has 1 aromatic carbocycles. The second-order valence-corrected chi connectivity index (χ2v) is 8.83. The zero-order valence-electron chi connectivity index (χ0n) is 20.2. The minimum atomic E-state index is -2.15. The van der Waals surface area contributed by atoms with E-state index in [0.717, 1.165) is 24.3 Å². The molecule has 2 heterocycles. The monoisotopic (exact) mass is 562 g/mol. The maximum Gasteiger partial charge on any atom is 0.308 e. The number of carbonyl (C=O) groups is 2. The predicted octanol–water partition coefficient (Wildman–Crippen LogP) is -2.87. The van der Waals surface area contributed by atoms with Crippen molar-refractivity contribution in [2.75, 3.05) is 6.61 Å². The summed E-state index contributed by atoms with van der Waals surface area (Å²) in [6.07, 6.45) is -12.0. The number of aromatic hydroxyl groups is 2. The van der Waals surface area contributed by atoms with Gasteiger partial charge in [0.2, 0.25) is 6.29 Å². The summed E-state index contributed by atoms with van der Waals surface area (Å²) < 4.78 is 21.7. The number of benzene rings is 2. The van der Waals surface area contributed by atoms with E-state index in [9.17, 15) is 55.2 Å². The van der Waals surface area contributed by atoms with Crippen LogP contribution in [0.4, 0.5) is 0 Å². The van der Waals surface area contributed by atoms with Crippen LogP contribution >= 0.6 is 0 Å². The van der Waals surface area contributed by atoms with Crippen LogP contribution in [0, 0.1) is 0 Å². The third kappa shape index (κ3) is 5.93. The lowest BCUT2D eigenvalue weighted by Crippen LogP contribution is -2.60. The number of ether oxygens (including phenoxy) is 3. The molecule has 15 heteroatoms. The molecule has 0 bridgehead atoms. The molecule has 6 atom stereocenters. The molecule has 1 aromatic rings. The first kappa shape index (κ1) is 28.6. The van der Waals surface area contributed by atoms with E-state index in [-0.39, 0.29) is 28.4 Å². The molecule has 0 unspecified atom stereocenters. The summed E-state index contributed by atoms with van der Waals surface area (Å²) >= 11 is 0. The van der Waals surface area contributed by atoms with Crippen LogP contribution in [-0.2, 0) is 19.1 Å². The fourth-order valence-corrected chi connectivity index (χ4v) is 3.87. The van der Waals surface area contributed by atoms with Crippen molar-refractivity contribution in [3.05, 3.63) is 46.6 Å². The van der Waals surface area contributed by atoms with Crippen LogP contribution in [0.15, 0.2) is 45.6 Å². The molecule has 1 saturated heterocycles. The van der Waals surface area contributed by atoms with Gasteiger partial charge in [0.15, 0.2) is 16.9 Å². The molecule has 0 radical (unpaired) electrons. The number of fused-ring (bicyclic) bond motifs is 1. The Bertz CT molecular complexity index is 1430. The summed E-state index contributed by atoms with van der Waals surface area (Å²) in [5.74, 6) is -5.56. The zero-order valence-corrected chi connectivity index (χ0v) is 20.2. The third-order valence-corrected chi connectivity index (χ3v) is 5.98. The molecular formula is C25H22O15-2. The Labute approximate surface area is 223 Å². The predicted molar refractivity (Wildman–Crippen MR) is 124 cm³/mol. The van der Waals surface area contributed by atoms with Crippen molar-refractivity contribution in [3.63, 3.8) is 0 Å². The molecule has 0 amide bonds. The number of aliphatic hydroxyl groups is 4. The minimum Gasteiger partial charge on any atom is -0.870 e. The first-order valence-electron chi connectivity index (χ1n) is 11.6. The van der Waals surface area contributed by atoms with Gasteiger partial charge in [-0.3, -0.25) is 9.59 Å². The Kier molecular flexibility index (Phi) is 8.13. The van der Waals surface area contributed by atoms with E-state index in [2.05, 4.69) is 0 Å². The van der Waals surface area contributed by atoms with Crippen molar-refractivity contribution < 1.29 is 69.1 Å². The van der Waals surface area contributed by atoms with Crippen LogP contribution in [-0.4, -0.2) is 86.0 Å². The van der Waals surface area contributed by atoms with Gasteiger partial charge in [0.05, 0.1) is 18.0 Å². The zero-order chi connectivity index (χ0) is 29.3. The number of carboxylic acids is 1. The Morgan fingerprint density at radius 3 is 2.40 bits per heavy atom. The van der Waals surface area contributed by atoms with Crippen LogP contribution in [0.25, 0.3) is 22.6 Å². The molecule has 3 aliphatic rings. The number of rotatable bonds is 8. The first-order valence-corrected chi connectivity index (χ1v) is 11.6. The van der Waals surface area contributed by atoms with Crippen molar-refractivity contribution in [2.45, 2.75) is 43.2 Å². The first-order chi connectivity index (χ1) is 18.8. The smallest absolute Gasteiger partial charge is 0.308 e. The Morgan fingerprint density at radius 1 is 1.00 bits per heavy atom. The van der Waals surface area contributed by atoms with Gasteiger partial charge in [0, 0.05) is 17.7 Å². The summed E-state index contributed by atoms with van der Waals surface area (Å²) in [5.41, 5.74) is -0.558. The number of hydrogen-bond donors (Lipinski definition) is 6. The second-order valence-electron chi connectivity index (χ2n) is 8.83. The molecule has 6 N–H and O–H groups in total. The van der Waals surface area contributed by atoms with Crippen molar-refractivity contribution in [3.8, 4) is 45.6 Å². The fraction of sp³-hybridized carbons (Fsp3) is 0.320. The number of phenolic OH excluding ortho intramolecular Hbond substituents is 2. The highest BCUT2D eigenvalue weighted by molar-refractivity contribution is 5.79. The third-order valence-electron chi connectivity index (χ3n) is 5.98. The lowest BCUT2D eigenvalue weighted by molar-refractivity contribution is -0.315. The van der Waals surface area contributed by atoms with Gasteiger partial charge in [0.25, 0.3) is 0 Å². The van der Waals surface area contributed by atoms with Gasteiger partial charge < -0.3 is 64.3 Å². The van der Waals surface area contributed by atoms with Gasteiger partial charge in [-0.1, -0.05) is 17.9 Å². The van der Waals surface area contributed by atoms with E-state index in [4.69, 9.17) is 18.6 Å². The number of aliphatic hydroxyl groups excluding tert-OH is 4. The number of carbonyl (C=O) groups excluding carboxylic acids is 2. The molecule has 1 fully saturated rings. The van der Waals surface area contributed by atoms with Crippen LogP contribution in [0.5, 0.6) is 23.0 Å². The van der Waals surface area contributed by atoms with Gasteiger partial charge in [-0.2, -0.15) is 0 Å². The van der Waals surface area contributed by atoms with Gasteiger partial charge in [-0.25, -0.2) is 0 Å². The SMILES string of the molecule is O=C(C[C@@H](O)C(=O)[O-])OC[C@H]1O[C@@H](Oc2cc3c(O)cc(=O)cc-3oc2-c2ccc([O-])c(O)c2)[C@H](O)[C@@H](O)[C@@H]1O. The van der Waals surface area contributed by atoms with Crippen LogP contribution in [0.3, 0.4) is 0 Å². The van der Waals surface area contributed by atoms with Crippen LogP contribution in [0.2, 0.25) is 0 Å². The van der Waals surface area contributed by atoms with E-state index in [0.29, 0.717) is 0 Å². The maximum absolute atomic E-state index is 11.9. The molecule has 2 aliphatic heterocycles. The average Bonchev–Trinajstić information content (AvgIpc) is 2.89. The molecule has 0 aromatic heterocycles. The lowest BCUT2D eigenvalue weighted by atomic mass is 9.99. The van der Waals surface area contributed by atoms with Crippen molar-refractivity contribution >= 4 is 11.9 Å². The van der Waals surface area contributed by atoms with Gasteiger partial charge in [0.1, 0.15) is 54.4 Å². The standard InChI is InChI=1S/C25H24O15/c26-10-4-13(28)11-6-17(23(38-16(11)5-10)9-1-2-12(27)14(29)3-9)39-25-22(34)21(33)20(32)18(40-25)8-37-19(31)7-15(30)24(35)36/h1-6,15,18,20-22,25,27-30,32-34H,7-8H2,(H,35,36)/p-2/t15-,18-,20-,21+,22-,25-/m1/s1. The summed E-state index contributed by atoms with van der Waals surface area (Å²) in [6, 6.07) is 6.44.